The number of aryl methyl sites for hydroxylation is 2. The van der Waals surface area contributed by atoms with Crippen LogP contribution in [0.25, 0.3) is 10.2 Å². The molecule has 6 heteroatoms. The highest BCUT2D eigenvalue weighted by atomic mass is 32.1. The fourth-order valence-corrected chi connectivity index (χ4v) is 4.03. The fraction of sp³-hybridized carbons (Fsp3) is 0.136. The van der Waals surface area contributed by atoms with Gasteiger partial charge in [0.2, 0.25) is 0 Å². The fourth-order valence-electron chi connectivity index (χ4n) is 3.01. The minimum absolute atomic E-state index is 0.0264. The van der Waals surface area contributed by atoms with Crippen LogP contribution in [0.4, 0.5) is 9.52 Å². The predicted molar refractivity (Wildman–Crippen MR) is 110 cm³/mol. The van der Waals surface area contributed by atoms with Gasteiger partial charge in [0.15, 0.2) is 5.13 Å². The summed E-state index contributed by atoms with van der Waals surface area (Å²) in [5.41, 5.74) is 3.97. The Bertz CT molecular complexity index is 1160. The number of hydrogen-bond acceptors (Lipinski definition) is 4. The van der Waals surface area contributed by atoms with Crippen molar-refractivity contribution in [2.24, 2.45) is 0 Å². The average Bonchev–Trinajstić information content (AvgIpc) is 3.14. The molecular formula is C22H18FN3OS. The van der Waals surface area contributed by atoms with Gasteiger partial charge in [-0.05, 0) is 54.8 Å². The van der Waals surface area contributed by atoms with Gasteiger partial charge in [-0.15, -0.1) is 0 Å². The van der Waals surface area contributed by atoms with Crippen molar-refractivity contribution >= 4 is 32.6 Å². The van der Waals surface area contributed by atoms with E-state index in [0.29, 0.717) is 5.13 Å². The van der Waals surface area contributed by atoms with Crippen molar-refractivity contribution in [2.45, 2.75) is 20.4 Å². The Morgan fingerprint density at radius 3 is 2.68 bits per heavy atom. The van der Waals surface area contributed by atoms with Crippen LogP contribution < -0.4 is 4.90 Å². The third-order valence-corrected chi connectivity index (χ3v) is 5.76. The van der Waals surface area contributed by atoms with Gasteiger partial charge in [0, 0.05) is 12.4 Å². The van der Waals surface area contributed by atoms with E-state index in [0.717, 1.165) is 26.9 Å². The number of thiazole rings is 1. The van der Waals surface area contributed by atoms with Crippen molar-refractivity contribution in [3.63, 3.8) is 0 Å². The number of benzene rings is 2. The highest BCUT2D eigenvalue weighted by Gasteiger charge is 2.24. The third-order valence-electron chi connectivity index (χ3n) is 4.72. The number of rotatable bonds is 4. The van der Waals surface area contributed by atoms with E-state index < -0.39 is 11.7 Å². The predicted octanol–water partition coefficient (Wildman–Crippen LogP) is 5.29. The third kappa shape index (κ3) is 3.39. The Balaban J connectivity index is 1.82. The lowest BCUT2D eigenvalue weighted by Crippen LogP contribution is -2.31. The van der Waals surface area contributed by atoms with E-state index in [4.69, 9.17) is 4.98 Å². The van der Waals surface area contributed by atoms with Crippen molar-refractivity contribution in [3.8, 4) is 0 Å². The first-order valence-corrected chi connectivity index (χ1v) is 9.68. The monoisotopic (exact) mass is 391 g/mol. The molecule has 4 rings (SSSR count). The zero-order chi connectivity index (χ0) is 19.7. The van der Waals surface area contributed by atoms with Crippen molar-refractivity contribution in [3.05, 3.63) is 89.0 Å². The lowest BCUT2D eigenvalue weighted by Gasteiger charge is -2.20. The van der Waals surface area contributed by atoms with Gasteiger partial charge in [0.1, 0.15) is 5.82 Å². The molecule has 2 aromatic heterocycles. The van der Waals surface area contributed by atoms with Gasteiger partial charge in [-0.1, -0.05) is 35.6 Å². The summed E-state index contributed by atoms with van der Waals surface area (Å²) < 4.78 is 15.3. The molecule has 1 amide bonds. The molecule has 4 nitrogen and oxygen atoms in total. The Morgan fingerprint density at radius 2 is 1.93 bits per heavy atom. The van der Waals surface area contributed by atoms with Crippen LogP contribution >= 0.6 is 11.3 Å². The van der Waals surface area contributed by atoms with Crippen LogP contribution in [0.5, 0.6) is 0 Å². The topological polar surface area (TPSA) is 46.1 Å². The van der Waals surface area contributed by atoms with Crippen LogP contribution in [0.15, 0.2) is 60.9 Å². The van der Waals surface area contributed by atoms with E-state index in [-0.39, 0.29) is 12.1 Å². The maximum absolute atomic E-state index is 14.3. The molecule has 0 radical (unpaired) electrons. The first-order valence-electron chi connectivity index (χ1n) is 8.86. The van der Waals surface area contributed by atoms with Crippen LogP contribution in [-0.2, 0) is 6.54 Å². The summed E-state index contributed by atoms with van der Waals surface area (Å²) in [6.45, 7) is 4.32. The molecular weight excluding hydrogens is 373 g/mol. The first kappa shape index (κ1) is 18.3. The van der Waals surface area contributed by atoms with Gasteiger partial charge < -0.3 is 0 Å². The second-order valence-corrected chi connectivity index (χ2v) is 7.59. The number of fused-ring (bicyclic) bond motifs is 1. The molecule has 0 saturated carbocycles. The van der Waals surface area contributed by atoms with Gasteiger partial charge in [-0.3, -0.25) is 14.7 Å². The molecule has 0 saturated heterocycles. The molecule has 0 N–H and O–H groups in total. The minimum Gasteiger partial charge on any atom is -0.279 e. The van der Waals surface area contributed by atoms with E-state index in [1.165, 1.54) is 28.4 Å². The minimum atomic E-state index is -0.545. The number of aromatic nitrogens is 2. The molecule has 28 heavy (non-hydrogen) atoms. The van der Waals surface area contributed by atoms with E-state index in [2.05, 4.69) is 4.98 Å². The highest BCUT2D eigenvalue weighted by Crippen LogP contribution is 2.33. The molecule has 0 atom stereocenters. The molecule has 0 aliphatic carbocycles. The maximum Gasteiger partial charge on any atom is 0.263 e. The molecule has 2 aromatic carbocycles. The maximum atomic E-state index is 14.3. The van der Waals surface area contributed by atoms with Gasteiger partial charge >= 0.3 is 0 Å². The second-order valence-electron chi connectivity index (χ2n) is 6.58. The summed E-state index contributed by atoms with van der Waals surface area (Å²) in [6.07, 6.45) is 3.38. The standard InChI is InChI=1S/C22H18FN3OS/c1-14-9-10-19-20(15(14)2)25-22(28-19)26(13-16-6-5-11-24-12-16)21(27)17-7-3-4-8-18(17)23/h3-12H,13H2,1-2H3. The molecule has 0 spiro atoms. The summed E-state index contributed by atoms with van der Waals surface area (Å²) in [5, 5.41) is 0.542. The molecule has 0 bridgehead atoms. The van der Waals surface area contributed by atoms with Gasteiger partial charge in [-0.2, -0.15) is 0 Å². The van der Waals surface area contributed by atoms with Crippen LogP contribution in [-0.4, -0.2) is 15.9 Å². The van der Waals surface area contributed by atoms with E-state index in [1.807, 2.05) is 38.1 Å². The Hall–Kier alpha value is -3.12. The Kier molecular flexibility index (Phi) is 4.88. The van der Waals surface area contributed by atoms with Gasteiger partial charge in [-0.25, -0.2) is 9.37 Å². The smallest absolute Gasteiger partial charge is 0.263 e. The quantitative estimate of drug-likeness (QED) is 0.475. The number of nitrogens with zero attached hydrogens (tertiary/aromatic N) is 3. The first-order chi connectivity index (χ1) is 13.5. The Labute approximate surface area is 166 Å². The van der Waals surface area contributed by atoms with Gasteiger partial charge in [0.25, 0.3) is 5.91 Å². The summed E-state index contributed by atoms with van der Waals surface area (Å²) in [7, 11) is 0. The zero-order valence-corrected chi connectivity index (χ0v) is 16.3. The van der Waals surface area contributed by atoms with Crippen LogP contribution in [0.2, 0.25) is 0 Å². The van der Waals surface area contributed by atoms with Crippen LogP contribution in [0.3, 0.4) is 0 Å². The number of pyridine rings is 1. The molecule has 2 heterocycles. The van der Waals surface area contributed by atoms with Crippen molar-refractivity contribution in [1.29, 1.82) is 0 Å². The van der Waals surface area contributed by atoms with Crippen molar-refractivity contribution in [2.75, 3.05) is 4.90 Å². The SMILES string of the molecule is Cc1ccc2sc(N(Cc3cccnc3)C(=O)c3ccccc3F)nc2c1C. The van der Waals surface area contributed by atoms with Crippen molar-refractivity contribution in [1.82, 2.24) is 9.97 Å². The van der Waals surface area contributed by atoms with Crippen molar-refractivity contribution < 1.29 is 9.18 Å². The normalized spacial score (nSPS) is 11.0. The molecule has 0 aliphatic rings. The van der Waals surface area contributed by atoms with Crippen LogP contribution in [0, 0.1) is 19.7 Å². The molecule has 140 valence electrons. The lowest BCUT2D eigenvalue weighted by molar-refractivity contribution is 0.0981. The number of hydrogen-bond donors (Lipinski definition) is 0. The molecule has 0 aliphatic heterocycles. The van der Waals surface area contributed by atoms with E-state index in [1.54, 1.807) is 24.5 Å². The van der Waals surface area contributed by atoms with E-state index >= 15 is 0 Å². The number of anilines is 1. The molecule has 0 fully saturated rings. The summed E-state index contributed by atoms with van der Waals surface area (Å²) in [6, 6.07) is 13.8. The zero-order valence-electron chi connectivity index (χ0n) is 15.5. The molecule has 0 unspecified atom stereocenters. The number of halogens is 1. The average molecular weight is 391 g/mol. The van der Waals surface area contributed by atoms with E-state index in [9.17, 15) is 9.18 Å². The largest absolute Gasteiger partial charge is 0.279 e. The highest BCUT2D eigenvalue weighted by molar-refractivity contribution is 7.22. The van der Waals surface area contributed by atoms with Crippen LogP contribution in [0.1, 0.15) is 27.0 Å². The van der Waals surface area contributed by atoms with Gasteiger partial charge in [0.05, 0.1) is 22.3 Å². The number of amides is 1. The number of carbonyl (C=O) groups is 1. The molecule has 4 aromatic rings. The summed E-state index contributed by atoms with van der Waals surface area (Å²) in [4.78, 5) is 23.6. The summed E-state index contributed by atoms with van der Waals surface area (Å²) in [5.74, 6) is -0.966. The Morgan fingerprint density at radius 1 is 1.11 bits per heavy atom. The second kappa shape index (κ2) is 7.48. The lowest BCUT2D eigenvalue weighted by atomic mass is 10.1. The summed E-state index contributed by atoms with van der Waals surface area (Å²) >= 11 is 1.43. The number of carbonyl (C=O) groups excluding carboxylic acids is 1.